The summed E-state index contributed by atoms with van der Waals surface area (Å²) in [6, 6.07) is 14.7. The molecule has 2 aromatic carbocycles. The lowest BCUT2D eigenvalue weighted by Crippen LogP contribution is -2.58. The van der Waals surface area contributed by atoms with E-state index in [1.807, 2.05) is 62.4 Å². The Balaban J connectivity index is 1.48. The molecule has 0 bridgehead atoms. The van der Waals surface area contributed by atoms with Crippen LogP contribution < -0.4 is 9.80 Å². The monoisotopic (exact) mass is 575 g/mol. The lowest BCUT2D eigenvalue weighted by Gasteiger charge is -2.39. The molecule has 41 heavy (non-hydrogen) atoms. The molecule has 2 aromatic rings. The second kappa shape index (κ2) is 10.7. The van der Waals surface area contributed by atoms with Gasteiger partial charge in [0.2, 0.25) is 11.8 Å². The number of hydrogen-bond acceptors (Lipinski definition) is 5. The van der Waals surface area contributed by atoms with Crippen molar-refractivity contribution in [3.05, 3.63) is 83.9 Å². The molecule has 8 nitrogen and oxygen atoms in total. The van der Waals surface area contributed by atoms with E-state index >= 15 is 0 Å². The fourth-order valence-corrected chi connectivity index (χ4v) is 7.25. The summed E-state index contributed by atoms with van der Waals surface area (Å²) in [6.07, 6.45) is 7.18. The standard InChI is InChI=1S/C32H34ClN3O5/c1-20(2)18-22(19-37)36-28-31(40)35(24-13-7-6-12-23(24)33)17-9-15-32(28)27(30(36)39)26-25(41-32)14-8-16-34(29(26)38)21-10-4-3-5-11-21/h3-15,20,22,25-28,37H,16-19H2,1-2H3/t22-,25+,26-,27+,28?,32+/m1/s1. The first-order valence-electron chi connectivity index (χ1n) is 14.2. The van der Waals surface area contributed by atoms with Crippen LogP contribution in [-0.4, -0.2) is 71.2 Å². The Bertz CT molecular complexity index is 1410. The first-order chi connectivity index (χ1) is 19.8. The number of aliphatic hydroxyl groups is 1. The second-order valence-electron chi connectivity index (χ2n) is 11.6. The minimum Gasteiger partial charge on any atom is -0.394 e. The summed E-state index contributed by atoms with van der Waals surface area (Å²) in [6.45, 7) is 4.28. The quantitative estimate of drug-likeness (QED) is 0.529. The Kier molecular flexibility index (Phi) is 7.26. The van der Waals surface area contributed by atoms with Gasteiger partial charge in [-0.2, -0.15) is 0 Å². The molecule has 214 valence electrons. The maximum atomic E-state index is 14.6. The van der Waals surface area contributed by atoms with Gasteiger partial charge in [-0.1, -0.05) is 80.1 Å². The molecule has 1 spiro atoms. The number of amides is 3. The van der Waals surface area contributed by atoms with Crippen LogP contribution in [0.4, 0.5) is 11.4 Å². The number of likely N-dealkylation sites (tertiary alicyclic amines) is 1. The van der Waals surface area contributed by atoms with Crippen molar-refractivity contribution in [3.8, 4) is 0 Å². The average molecular weight is 576 g/mol. The average Bonchev–Trinajstić information content (AvgIpc) is 3.28. The van der Waals surface area contributed by atoms with Crippen molar-refractivity contribution >= 4 is 40.7 Å². The summed E-state index contributed by atoms with van der Waals surface area (Å²) in [7, 11) is 0. The fourth-order valence-electron chi connectivity index (χ4n) is 7.02. The number of nitrogens with zero attached hydrogens (tertiary/aromatic N) is 3. The minimum atomic E-state index is -1.39. The van der Waals surface area contributed by atoms with Gasteiger partial charge in [-0.05, 0) is 36.6 Å². The highest BCUT2D eigenvalue weighted by atomic mass is 35.5. The molecule has 6 rings (SSSR count). The smallest absolute Gasteiger partial charge is 0.253 e. The van der Waals surface area contributed by atoms with Crippen LogP contribution in [0.3, 0.4) is 0 Å². The van der Waals surface area contributed by atoms with Crippen molar-refractivity contribution in [1.29, 1.82) is 0 Å². The van der Waals surface area contributed by atoms with Crippen LogP contribution in [0.15, 0.2) is 78.9 Å². The molecule has 0 aromatic heterocycles. The summed E-state index contributed by atoms with van der Waals surface area (Å²) in [5.74, 6) is -2.55. The largest absolute Gasteiger partial charge is 0.394 e. The predicted molar refractivity (Wildman–Crippen MR) is 156 cm³/mol. The van der Waals surface area contributed by atoms with Gasteiger partial charge in [-0.25, -0.2) is 0 Å². The summed E-state index contributed by atoms with van der Waals surface area (Å²) in [4.78, 5) is 48.1. The number of carbonyl (C=O) groups is 3. The molecular weight excluding hydrogens is 542 g/mol. The molecule has 4 aliphatic heterocycles. The molecule has 0 saturated carbocycles. The number of ether oxygens (including phenoxy) is 1. The Morgan fingerprint density at radius 2 is 1.66 bits per heavy atom. The van der Waals surface area contributed by atoms with Gasteiger partial charge >= 0.3 is 0 Å². The Labute approximate surface area is 244 Å². The van der Waals surface area contributed by atoms with Crippen molar-refractivity contribution in [2.45, 2.75) is 44.1 Å². The number of rotatable bonds is 6. The maximum absolute atomic E-state index is 14.6. The highest BCUT2D eigenvalue weighted by Gasteiger charge is 2.72. The van der Waals surface area contributed by atoms with Gasteiger partial charge in [-0.3, -0.25) is 14.4 Å². The van der Waals surface area contributed by atoms with Crippen molar-refractivity contribution in [1.82, 2.24) is 4.90 Å². The van der Waals surface area contributed by atoms with Crippen LogP contribution in [0, 0.1) is 17.8 Å². The number of halogens is 1. The van der Waals surface area contributed by atoms with Crippen LogP contribution >= 0.6 is 11.6 Å². The van der Waals surface area contributed by atoms with Gasteiger partial charge in [0.05, 0.1) is 41.3 Å². The fraction of sp³-hybridized carbons (Fsp3) is 0.406. The summed E-state index contributed by atoms with van der Waals surface area (Å²) in [5, 5.41) is 10.9. The van der Waals surface area contributed by atoms with E-state index in [1.165, 1.54) is 4.90 Å². The van der Waals surface area contributed by atoms with Crippen LogP contribution in [0.25, 0.3) is 0 Å². The molecule has 6 atom stereocenters. The molecule has 3 amide bonds. The van der Waals surface area contributed by atoms with E-state index in [9.17, 15) is 19.5 Å². The Morgan fingerprint density at radius 3 is 2.37 bits per heavy atom. The third-order valence-electron chi connectivity index (χ3n) is 8.66. The van der Waals surface area contributed by atoms with E-state index in [0.29, 0.717) is 23.7 Å². The molecule has 4 aliphatic rings. The van der Waals surface area contributed by atoms with Gasteiger partial charge in [0, 0.05) is 18.8 Å². The first kappa shape index (κ1) is 27.7. The number of fused-ring (bicyclic) bond motifs is 2. The van der Waals surface area contributed by atoms with E-state index in [4.69, 9.17) is 16.3 Å². The highest BCUT2D eigenvalue weighted by Crippen LogP contribution is 2.54. The Hall–Kier alpha value is -3.46. The van der Waals surface area contributed by atoms with E-state index in [1.54, 1.807) is 40.1 Å². The molecule has 4 heterocycles. The van der Waals surface area contributed by atoms with Crippen LogP contribution in [0.2, 0.25) is 5.02 Å². The van der Waals surface area contributed by atoms with Crippen LogP contribution in [-0.2, 0) is 19.1 Å². The summed E-state index contributed by atoms with van der Waals surface area (Å²) in [5.41, 5.74) is -0.128. The summed E-state index contributed by atoms with van der Waals surface area (Å²) < 4.78 is 6.73. The van der Waals surface area contributed by atoms with E-state index < -0.39 is 35.6 Å². The topological polar surface area (TPSA) is 90.4 Å². The van der Waals surface area contributed by atoms with Gasteiger partial charge in [-0.15, -0.1) is 0 Å². The molecular formula is C32H34ClN3O5. The zero-order valence-corrected chi connectivity index (χ0v) is 23.9. The van der Waals surface area contributed by atoms with Gasteiger partial charge < -0.3 is 24.5 Å². The number of anilines is 2. The normalized spacial score (nSPS) is 29.9. The number of benzene rings is 2. The van der Waals surface area contributed by atoms with Crippen molar-refractivity contribution < 1.29 is 24.2 Å². The van der Waals surface area contributed by atoms with Crippen molar-refractivity contribution in [2.24, 2.45) is 17.8 Å². The van der Waals surface area contributed by atoms with Crippen molar-refractivity contribution in [2.75, 3.05) is 29.5 Å². The van der Waals surface area contributed by atoms with E-state index in [-0.39, 0.29) is 36.8 Å². The number of carbonyl (C=O) groups excluding carboxylic acids is 3. The molecule has 0 radical (unpaired) electrons. The van der Waals surface area contributed by atoms with E-state index in [2.05, 4.69) is 0 Å². The Morgan fingerprint density at radius 1 is 0.951 bits per heavy atom. The number of para-hydroxylation sites is 2. The molecule has 2 saturated heterocycles. The highest BCUT2D eigenvalue weighted by molar-refractivity contribution is 6.34. The molecule has 1 N–H and O–H groups in total. The second-order valence-corrected chi connectivity index (χ2v) is 12.0. The van der Waals surface area contributed by atoms with Gasteiger partial charge in [0.25, 0.3) is 5.91 Å². The maximum Gasteiger partial charge on any atom is 0.253 e. The SMILES string of the molecule is CC(C)C[C@H](CO)N1C(=O)[C@@H]2[C@@H]3C(=O)N(c4ccccc4)CC=C[C@@H]3O[C@@]23C=CCN(c2ccccc2Cl)C(=O)C13. The first-order valence-corrected chi connectivity index (χ1v) is 14.5. The van der Waals surface area contributed by atoms with E-state index in [0.717, 1.165) is 5.69 Å². The molecule has 0 aliphatic carbocycles. The summed E-state index contributed by atoms with van der Waals surface area (Å²) >= 11 is 6.53. The molecule has 2 fully saturated rings. The predicted octanol–water partition coefficient (Wildman–Crippen LogP) is 3.83. The van der Waals surface area contributed by atoms with Gasteiger partial charge in [0.1, 0.15) is 11.6 Å². The van der Waals surface area contributed by atoms with Gasteiger partial charge in [0.15, 0.2) is 0 Å². The third-order valence-corrected chi connectivity index (χ3v) is 8.97. The zero-order valence-electron chi connectivity index (χ0n) is 23.1. The van der Waals surface area contributed by atoms with Crippen LogP contribution in [0.5, 0.6) is 0 Å². The number of hydrogen-bond donors (Lipinski definition) is 1. The van der Waals surface area contributed by atoms with Crippen molar-refractivity contribution in [3.63, 3.8) is 0 Å². The third kappa shape index (κ3) is 4.40. The lowest BCUT2D eigenvalue weighted by molar-refractivity contribution is -0.144. The number of aliphatic hydroxyl groups excluding tert-OH is 1. The molecule has 1 unspecified atom stereocenters. The zero-order chi connectivity index (χ0) is 28.9. The van der Waals surface area contributed by atoms with Crippen LogP contribution in [0.1, 0.15) is 20.3 Å². The molecule has 9 heteroatoms. The minimum absolute atomic E-state index is 0.150. The lowest BCUT2D eigenvalue weighted by atomic mass is 9.77.